The Balaban J connectivity index is 1.93. The first-order valence-electron chi connectivity index (χ1n) is 5.90. The van der Waals surface area contributed by atoms with Crippen LogP contribution in [0.25, 0.3) is 0 Å². The third-order valence-electron chi connectivity index (χ3n) is 2.37. The van der Waals surface area contributed by atoms with Crippen molar-refractivity contribution in [3.8, 4) is 0 Å². The summed E-state index contributed by atoms with van der Waals surface area (Å²) in [5.41, 5.74) is -1.33. The van der Waals surface area contributed by atoms with Crippen LogP contribution in [0.4, 0.5) is 5.69 Å². The molecule has 1 amide bonds. The van der Waals surface area contributed by atoms with Gasteiger partial charge in [0.05, 0.1) is 0 Å². The molecule has 0 spiro atoms. The second kappa shape index (κ2) is 6.33. The first-order valence-corrected chi connectivity index (χ1v) is 5.90. The monoisotopic (exact) mass is 289 g/mol. The molecule has 8 heteroatoms. The average molecular weight is 289 g/mol. The summed E-state index contributed by atoms with van der Waals surface area (Å²) in [6.45, 7) is -0.539. The molecule has 21 heavy (non-hydrogen) atoms. The molecule has 8 nitrogen and oxygen atoms in total. The van der Waals surface area contributed by atoms with Gasteiger partial charge in [0.15, 0.2) is 6.61 Å². The highest BCUT2D eigenvalue weighted by Crippen LogP contribution is 2.04. The number of nitrogens with one attached hydrogen (secondary N) is 3. The number of carbonyl (C=O) groups is 2. The van der Waals surface area contributed by atoms with E-state index in [0.29, 0.717) is 5.69 Å². The fraction of sp³-hybridized carbons (Fsp3) is 0.0769. The molecule has 0 saturated carbocycles. The highest BCUT2D eigenvalue weighted by Gasteiger charge is 2.12. The number of hydrogen-bond donors (Lipinski definition) is 3. The van der Waals surface area contributed by atoms with Crippen molar-refractivity contribution in [2.24, 2.45) is 0 Å². The summed E-state index contributed by atoms with van der Waals surface area (Å²) in [5.74, 6) is -1.51. The quantitative estimate of drug-likeness (QED) is 0.676. The van der Waals surface area contributed by atoms with E-state index in [4.69, 9.17) is 4.74 Å². The molecule has 0 bridgehead atoms. The normalized spacial score (nSPS) is 9.90. The summed E-state index contributed by atoms with van der Waals surface area (Å²) in [6, 6.07) is 9.49. The Morgan fingerprint density at radius 3 is 2.48 bits per heavy atom. The molecule has 0 atom stereocenters. The predicted molar refractivity (Wildman–Crippen MR) is 73.0 cm³/mol. The van der Waals surface area contributed by atoms with E-state index < -0.39 is 29.7 Å². The van der Waals surface area contributed by atoms with Crippen molar-refractivity contribution in [1.29, 1.82) is 0 Å². The van der Waals surface area contributed by atoms with Gasteiger partial charge in [-0.3, -0.25) is 14.6 Å². The number of hydrogen-bond acceptors (Lipinski definition) is 5. The zero-order valence-electron chi connectivity index (χ0n) is 10.7. The van der Waals surface area contributed by atoms with E-state index in [0.717, 1.165) is 6.07 Å². The number of rotatable bonds is 4. The molecule has 1 aromatic heterocycles. The van der Waals surface area contributed by atoms with Gasteiger partial charge >= 0.3 is 11.7 Å². The minimum Gasteiger partial charge on any atom is -0.451 e. The Bertz CT molecular complexity index is 735. The third-order valence-corrected chi connectivity index (χ3v) is 2.37. The van der Waals surface area contributed by atoms with Crippen molar-refractivity contribution in [1.82, 2.24) is 9.97 Å². The first kappa shape index (κ1) is 14.3. The molecular formula is C13H11N3O5. The molecule has 0 radical (unpaired) electrons. The van der Waals surface area contributed by atoms with E-state index >= 15 is 0 Å². The number of aromatic amines is 2. The minimum absolute atomic E-state index is 0.323. The summed E-state index contributed by atoms with van der Waals surface area (Å²) in [6.07, 6.45) is 0. The van der Waals surface area contributed by atoms with E-state index in [1.54, 1.807) is 30.3 Å². The molecule has 0 fully saturated rings. The van der Waals surface area contributed by atoms with Gasteiger partial charge < -0.3 is 15.0 Å². The van der Waals surface area contributed by atoms with Gasteiger partial charge in [0.25, 0.3) is 11.5 Å². The number of amides is 1. The molecule has 1 heterocycles. The SMILES string of the molecule is O=C(COC(=O)c1cc(=O)[nH]c(=O)[nH]1)Nc1ccccc1. The van der Waals surface area contributed by atoms with Gasteiger partial charge in [-0.1, -0.05) is 18.2 Å². The average Bonchev–Trinajstić information content (AvgIpc) is 2.45. The molecule has 0 aliphatic rings. The van der Waals surface area contributed by atoms with Crippen molar-refractivity contribution in [2.45, 2.75) is 0 Å². The zero-order valence-corrected chi connectivity index (χ0v) is 10.7. The summed E-state index contributed by atoms with van der Waals surface area (Å²) in [7, 11) is 0. The smallest absolute Gasteiger partial charge is 0.355 e. The predicted octanol–water partition coefficient (Wildman–Crippen LogP) is -0.141. The highest BCUT2D eigenvalue weighted by molar-refractivity contribution is 5.94. The van der Waals surface area contributed by atoms with Gasteiger partial charge in [-0.15, -0.1) is 0 Å². The standard InChI is InChI=1S/C13H11N3O5/c17-10-6-9(15-13(20)16-10)12(19)21-7-11(18)14-8-4-2-1-3-5-8/h1-6H,7H2,(H,14,18)(H2,15,16,17,20). The van der Waals surface area contributed by atoms with Crippen molar-refractivity contribution in [2.75, 3.05) is 11.9 Å². The first-order chi connectivity index (χ1) is 10.0. The van der Waals surface area contributed by atoms with Crippen LogP contribution < -0.4 is 16.6 Å². The maximum absolute atomic E-state index is 11.6. The number of H-pyrrole nitrogens is 2. The summed E-state index contributed by atoms with van der Waals surface area (Å²) >= 11 is 0. The van der Waals surface area contributed by atoms with Gasteiger partial charge in [0.1, 0.15) is 5.69 Å². The maximum atomic E-state index is 11.6. The second-order valence-electron chi connectivity index (χ2n) is 3.99. The molecular weight excluding hydrogens is 278 g/mol. The summed E-state index contributed by atoms with van der Waals surface area (Å²) < 4.78 is 4.70. The number of benzene rings is 1. The lowest BCUT2D eigenvalue weighted by Gasteiger charge is -2.06. The molecule has 108 valence electrons. The topological polar surface area (TPSA) is 121 Å². The van der Waals surface area contributed by atoms with E-state index in [1.165, 1.54) is 0 Å². The van der Waals surface area contributed by atoms with Gasteiger partial charge in [0, 0.05) is 11.8 Å². The number of ether oxygens (including phenoxy) is 1. The van der Waals surface area contributed by atoms with Crippen molar-refractivity contribution in [3.05, 3.63) is 62.9 Å². The number of para-hydroxylation sites is 1. The van der Waals surface area contributed by atoms with E-state index in [9.17, 15) is 19.2 Å². The van der Waals surface area contributed by atoms with Crippen LogP contribution in [0.1, 0.15) is 10.5 Å². The van der Waals surface area contributed by atoms with E-state index in [2.05, 4.69) is 10.3 Å². The maximum Gasteiger partial charge on any atom is 0.355 e. The summed E-state index contributed by atoms with van der Waals surface area (Å²) in [5, 5.41) is 2.52. The molecule has 3 N–H and O–H groups in total. The summed E-state index contributed by atoms with van der Waals surface area (Å²) in [4.78, 5) is 49.2. The second-order valence-corrected chi connectivity index (χ2v) is 3.99. The van der Waals surface area contributed by atoms with Crippen LogP contribution in [0.3, 0.4) is 0 Å². The lowest BCUT2D eigenvalue weighted by molar-refractivity contribution is -0.119. The van der Waals surface area contributed by atoms with Crippen molar-refractivity contribution < 1.29 is 14.3 Å². The molecule has 2 aromatic rings. The largest absolute Gasteiger partial charge is 0.451 e. The Hall–Kier alpha value is -3.16. The number of anilines is 1. The molecule has 0 aliphatic heterocycles. The van der Waals surface area contributed by atoms with Crippen molar-refractivity contribution in [3.63, 3.8) is 0 Å². The minimum atomic E-state index is -0.971. The Kier molecular flexibility index (Phi) is 4.30. The van der Waals surface area contributed by atoms with Gasteiger partial charge in [-0.2, -0.15) is 0 Å². The van der Waals surface area contributed by atoms with Gasteiger partial charge in [0.2, 0.25) is 0 Å². The van der Waals surface area contributed by atoms with Crippen LogP contribution in [0.15, 0.2) is 46.0 Å². The van der Waals surface area contributed by atoms with Crippen LogP contribution in [-0.2, 0) is 9.53 Å². The lowest BCUT2D eigenvalue weighted by Crippen LogP contribution is -2.27. The Morgan fingerprint density at radius 2 is 1.81 bits per heavy atom. The lowest BCUT2D eigenvalue weighted by atomic mass is 10.3. The zero-order chi connectivity index (χ0) is 15.2. The molecule has 0 aliphatic carbocycles. The molecule has 0 unspecified atom stereocenters. The molecule has 2 rings (SSSR count). The highest BCUT2D eigenvalue weighted by atomic mass is 16.5. The van der Waals surface area contributed by atoms with Crippen LogP contribution in [-0.4, -0.2) is 28.5 Å². The van der Waals surface area contributed by atoms with Gasteiger partial charge in [-0.05, 0) is 12.1 Å². The van der Waals surface area contributed by atoms with Crippen LogP contribution in [0, 0.1) is 0 Å². The van der Waals surface area contributed by atoms with Gasteiger partial charge in [-0.25, -0.2) is 9.59 Å². The van der Waals surface area contributed by atoms with E-state index in [-0.39, 0.29) is 5.69 Å². The molecule has 0 saturated heterocycles. The Labute approximate surface area is 117 Å². The molecule has 1 aromatic carbocycles. The van der Waals surface area contributed by atoms with Crippen LogP contribution in [0.2, 0.25) is 0 Å². The van der Waals surface area contributed by atoms with Crippen LogP contribution in [0.5, 0.6) is 0 Å². The fourth-order valence-electron chi connectivity index (χ4n) is 1.51. The number of carbonyl (C=O) groups excluding carboxylic acids is 2. The Morgan fingerprint density at radius 1 is 1.10 bits per heavy atom. The van der Waals surface area contributed by atoms with E-state index in [1.807, 2.05) is 4.98 Å². The van der Waals surface area contributed by atoms with Crippen LogP contribution >= 0.6 is 0 Å². The number of esters is 1. The number of aromatic nitrogens is 2. The fourth-order valence-corrected chi connectivity index (χ4v) is 1.51. The third kappa shape index (κ3) is 4.16. The van der Waals surface area contributed by atoms with Crippen molar-refractivity contribution >= 4 is 17.6 Å².